The molecule has 3 nitrogen and oxygen atoms in total. The first-order chi connectivity index (χ1) is 30.6. The zero-order chi connectivity index (χ0) is 41.9. The van der Waals surface area contributed by atoms with Gasteiger partial charge in [0.2, 0.25) is 0 Å². The van der Waals surface area contributed by atoms with E-state index in [1.54, 1.807) is 0 Å². The van der Waals surface area contributed by atoms with E-state index in [0.717, 1.165) is 56.2 Å². The Morgan fingerprint density at radius 1 is 0.565 bits per heavy atom. The van der Waals surface area contributed by atoms with Gasteiger partial charge in [-0.05, 0) is 83.3 Å². The van der Waals surface area contributed by atoms with E-state index in [4.69, 9.17) is 4.98 Å². The van der Waals surface area contributed by atoms with Gasteiger partial charge in [-0.1, -0.05) is 177 Å². The summed E-state index contributed by atoms with van der Waals surface area (Å²) < 4.78 is 4.86. The fourth-order valence-corrected chi connectivity index (χ4v) is 9.93. The van der Waals surface area contributed by atoms with Crippen molar-refractivity contribution in [2.24, 2.45) is 0 Å². The Labute approximate surface area is 361 Å². The SMILES string of the molecule is C=C/C=C\c1c(C)c2ccc3c4ccccc4n(-c4ccc(-c5nc(-c6ccccc6)c6c(c5C(/C=C\C)=C/C=C)-c5cccc7cccc-6c57)cc4)c3c2n1-c1ccccc1. The normalized spacial score (nSPS) is 12.5. The average Bonchev–Trinajstić information content (AvgIpc) is 3.94. The van der Waals surface area contributed by atoms with Gasteiger partial charge in [0, 0.05) is 61.0 Å². The van der Waals surface area contributed by atoms with Crippen molar-refractivity contribution in [3.8, 4) is 56.1 Å². The van der Waals surface area contributed by atoms with Gasteiger partial charge in [0.15, 0.2) is 0 Å². The molecule has 0 saturated carbocycles. The molecule has 0 atom stereocenters. The summed E-state index contributed by atoms with van der Waals surface area (Å²) >= 11 is 0. The van der Waals surface area contributed by atoms with Gasteiger partial charge >= 0.3 is 0 Å². The maximum absolute atomic E-state index is 5.72. The molecule has 3 aromatic heterocycles. The van der Waals surface area contributed by atoms with Gasteiger partial charge in [-0.3, -0.25) is 0 Å². The Morgan fingerprint density at radius 3 is 1.94 bits per heavy atom. The van der Waals surface area contributed by atoms with Crippen LogP contribution in [0.15, 0.2) is 207 Å². The van der Waals surface area contributed by atoms with E-state index in [2.05, 4.69) is 218 Å². The molecule has 0 spiro atoms. The Morgan fingerprint density at radius 2 is 1.21 bits per heavy atom. The summed E-state index contributed by atoms with van der Waals surface area (Å²) in [6.45, 7) is 12.5. The first-order valence-electron chi connectivity index (χ1n) is 21.3. The van der Waals surface area contributed by atoms with E-state index in [0.29, 0.717) is 0 Å². The maximum Gasteiger partial charge on any atom is 0.0794 e. The lowest BCUT2D eigenvalue weighted by Gasteiger charge is -2.20. The fourth-order valence-electron chi connectivity index (χ4n) is 9.93. The van der Waals surface area contributed by atoms with Crippen molar-refractivity contribution >= 4 is 55.1 Å². The van der Waals surface area contributed by atoms with Crippen LogP contribution in [0.2, 0.25) is 0 Å². The molecule has 0 bridgehead atoms. The predicted octanol–water partition coefficient (Wildman–Crippen LogP) is 15.9. The van der Waals surface area contributed by atoms with Gasteiger partial charge in [-0.15, -0.1) is 0 Å². The average molecular weight is 794 g/mol. The van der Waals surface area contributed by atoms with Crippen LogP contribution < -0.4 is 0 Å². The minimum Gasteiger partial charge on any atom is -0.308 e. The summed E-state index contributed by atoms with van der Waals surface area (Å²) in [4.78, 5) is 5.72. The quantitative estimate of drug-likeness (QED) is 0.133. The minimum absolute atomic E-state index is 0.932. The zero-order valence-corrected chi connectivity index (χ0v) is 34.8. The standard InChI is InChI=1S/C59H43N3/c1-5-8-30-50-38(4)45-36-37-47-46-27-15-16-31-51(46)62(59(47)58(45)61(50)43-25-13-10-14-26-43)44-34-32-42(33-35-44)56-53(39(19-6-2)20-7-3)54-48-28-17-23-40-24-18-29-49(52(40)48)55(54)57(60-56)41-21-11-9-12-22-41/h5-37H,1-2H2,3-4H3/b20-7-,30-8-,39-19+. The van der Waals surface area contributed by atoms with Gasteiger partial charge in [0.1, 0.15) is 0 Å². The van der Waals surface area contributed by atoms with Crippen LogP contribution >= 0.6 is 0 Å². The van der Waals surface area contributed by atoms with Crippen LogP contribution in [0.25, 0.3) is 111 Å². The highest BCUT2D eigenvalue weighted by Crippen LogP contribution is 2.55. The Hall–Kier alpha value is -8.01. The van der Waals surface area contributed by atoms with Gasteiger partial charge < -0.3 is 9.13 Å². The van der Waals surface area contributed by atoms with Crippen molar-refractivity contribution in [2.45, 2.75) is 13.8 Å². The zero-order valence-electron chi connectivity index (χ0n) is 34.8. The van der Waals surface area contributed by atoms with E-state index < -0.39 is 0 Å². The monoisotopic (exact) mass is 793 g/mol. The number of para-hydroxylation sites is 2. The summed E-state index contributed by atoms with van der Waals surface area (Å²) in [5.41, 5.74) is 19.1. The molecule has 294 valence electrons. The van der Waals surface area contributed by atoms with Crippen LogP contribution in [-0.2, 0) is 0 Å². The van der Waals surface area contributed by atoms with Gasteiger partial charge in [-0.25, -0.2) is 4.98 Å². The van der Waals surface area contributed by atoms with Crippen molar-refractivity contribution in [2.75, 3.05) is 0 Å². The van der Waals surface area contributed by atoms with Crippen molar-refractivity contribution in [1.82, 2.24) is 14.1 Å². The summed E-state index contributed by atoms with van der Waals surface area (Å²) in [5.74, 6) is 0. The van der Waals surface area contributed by atoms with E-state index in [-0.39, 0.29) is 0 Å². The maximum atomic E-state index is 5.72. The van der Waals surface area contributed by atoms with Crippen LogP contribution in [0.1, 0.15) is 23.7 Å². The fraction of sp³-hybridized carbons (Fsp3) is 0.0339. The second kappa shape index (κ2) is 14.9. The lowest BCUT2D eigenvalue weighted by molar-refractivity contribution is 1.09. The summed E-state index contributed by atoms with van der Waals surface area (Å²) in [5, 5.41) is 6.13. The molecule has 3 heterocycles. The van der Waals surface area contributed by atoms with Crippen molar-refractivity contribution in [3.05, 3.63) is 224 Å². The molecule has 1 aliphatic carbocycles. The third-order valence-corrected chi connectivity index (χ3v) is 12.5. The van der Waals surface area contributed by atoms with E-state index in [9.17, 15) is 0 Å². The topological polar surface area (TPSA) is 22.8 Å². The Balaban J connectivity index is 1.21. The molecule has 0 unspecified atom stereocenters. The molecule has 0 radical (unpaired) electrons. The van der Waals surface area contributed by atoms with Crippen LogP contribution in [0, 0.1) is 6.92 Å². The number of nitrogens with zero attached hydrogens (tertiary/aromatic N) is 3. The second-order valence-corrected chi connectivity index (χ2v) is 15.9. The highest BCUT2D eigenvalue weighted by molar-refractivity contribution is 6.21. The number of allylic oxidation sites excluding steroid dienone is 7. The van der Waals surface area contributed by atoms with E-state index in [1.165, 1.54) is 65.8 Å². The van der Waals surface area contributed by atoms with Gasteiger partial charge in [0.25, 0.3) is 0 Å². The Bertz CT molecular complexity index is 3530. The molecular formula is C59H43N3. The molecule has 0 fully saturated rings. The van der Waals surface area contributed by atoms with Crippen LogP contribution in [0.3, 0.4) is 0 Å². The molecule has 3 heteroatoms. The van der Waals surface area contributed by atoms with Crippen LogP contribution in [0.4, 0.5) is 0 Å². The first-order valence-corrected chi connectivity index (χ1v) is 21.3. The number of hydrogen-bond donors (Lipinski definition) is 0. The summed E-state index contributed by atoms with van der Waals surface area (Å²) in [6, 6.07) is 57.1. The van der Waals surface area contributed by atoms with Gasteiger partial charge in [-0.2, -0.15) is 0 Å². The molecule has 11 rings (SSSR count). The molecule has 10 aromatic rings. The number of pyridine rings is 1. The van der Waals surface area contributed by atoms with Crippen LogP contribution in [0.5, 0.6) is 0 Å². The molecule has 0 aliphatic heterocycles. The number of aryl methyl sites for hydroxylation is 1. The molecule has 62 heavy (non-hydrogen) atoms. The summed E-state index contributed by atoms with van der Waals surface area (Å²) in [6.07, 6.45) is 14.4. The number of hydrogen-bond acceptors (Lipinski definition) is 1. The smallest absolute Gasteiger partial charge is 0.0794 e. The molecule has 0 amide bonds. The molecule has 0 N–H and O–H groups in total. The second-order valence-electron chi connectivity index (χ2n) is 15.9. The van der Waals surface area contributed by atoms with Crippen molar-refractivity contribution in [1.29, 1.82) is 0 Å². The van der Waals surface area contributed by atoms with Crippen molar-refractivity contribution in [3.63, 3.8) is 0 Å². The first kappa shape index (κ1) is 37.0. The highest BCUT2D eigenvalue weighted by atomic mass is 15.0. The number of aromatic nitrogens is 3. The third kappa shape index (κ3) is 5.56. The minimum atomic E-state index is 0.932. The molecule has 0 saturated heterocycles. The number of fused-ring (bicyclic) bond motifs is 8. The lowest BCUT2D eigenvalue weighted by Crippen LogP contribution is -2.02. The Kier molecular flexibility index (Phi) is 8.91. The van der Waals surface area contributed by atoms with Crippen LogP contribution in [-0.4, -0.2) is 14.1 Å². The number of rotatable bonds is 9. The largest absolute Gasteiger partial charge is 0.308 e. The van der Waals surface area contributed by atoms with Gasteiger partial charge in [0.05, 0.1) is 27.9 Å². The highest BCUT2D eigenvalue weighted by Gasteiger charge is 2.31. The lowest BCUT2D eigenvalue weighted by atomic mass is 9.87. The molecular weight excluding hydrogens is 751 g/mol. The molecule has 7 aromatic carbocycles. The molecule has 1 aliphatic rings. The number of benzene rings is 7. The third-order valence-electron chi connectivity index (χ3n) is 12.5. The summed E-state index contributed by atoms with van der Waals surface area (Å²) in [7, 11) is 0. The van der Waals surface area contributed by atoms with E-state index in [1.807, 2.05) is 18.2 Å². The van der Waals surface area contributed by atoms with Crippen molar-refractivity contribution < 1.29 is 0 Å². The predicted molar refractivity (Wildman–Crippen MR) is 265 cm³/mol. The van der Waals surface area contributed by atoms with E-state index >= 15 is 0 Å².